The molecule has 0 bridgehead atoms. The Kier molecular flexibility index (Phi) is 5.73. The van der Waals surface area contributed by atoms with Crippen LogP contribution in [-0.4, -0.2) is 53.7 Å². The number of rotatable bonds is 6. The van der Waals surface area contributed by atoms with E-state index in [0.29, 0.717) is 31.7 Å². The molecule has 1 aliphatic heterocycles. The lowest BCUT2D eigenvalue weighted by atomic mass is 10.2. The molecule has 142 valence electrons. The van der Waals surface area contributed by atoms with Crippen molar-refractivity contribution in [3.05, 3.63) is 34.9 Å². The van der Waals surface area contributed by atoms with Crippen molar-refractivity contribution in [3.8, 4) is 0 Å². The minimum Gasteiger partial charge on any atom is -0.393 e. The van der Waals surface area contributed by atoms with Crippen LogP contribution in [0, 0.1) is 13.8 Å². The molecule has 1 amide bonds. The number of carbonyl (C=O) groups excluding carboxylic acids is 1. The number of aliphatic hydroxyl groups excluding tert-OH is 2. The van der Waals surface area contributed by atoms with Gasteiger partial charge in [-0.3, -0.25) is 14.2 Å². The zero-order valence-corrected chi connectivity index (χ0v) is 15.4. The van der Waals surface area contributed by atoms with E-state index < -0.39 is 6.10 Å². The summed E-state index contributed by atoms with van der Waals surface area (Å²) in [6.45, 7) is 6.29. The highest BCUT2D eigenvalue weighted by atomic mass is 16.3. The molecule has 3 rings (SSSR count). The van der Waals surface area contributed by atoms with Crippen molar-refractivity contribution < 1.29 is 15.0 Å². The Morgan fingerprint density at radius 3 is 2.77 bits per heavy atom. The number of aryl methyl sites for hydroxylation is 4. The van der Waals surface area contributed by atoms with Gasteiger partial charge in [0.2, 0.25) is 5.91 Å². The third kappa shape index (κ3) is 4.13. The maximum atomic E-state index is 12.6. The smallest absolute Gasteiger partial charge is 0.222 e. The van der Waals surface area contributed by atoms with Crippen LogP contribution in [0.15, 0.2) is 12.1 Å². The van der Waals surface area contributed by atoms with E-state index in [0.717, 1.165) is 36.5 Å². The largest absolute Gasteiger partial charge is 0.393 e. The molecule has 0 radical (unpaired) electrons. The maximum Gasteiger partial charge on any atom is 0.222 e. The summed E-state index contributed by atoms with van der Waals surface area (Å²) < 4.78 is 3.78. The second-order valence-corrected chi connectivity index (χ2v) is 6.90. The van der Waals surface area contributed by atoms with Crippen LogP contribution in [0.25, 0.3) is 0 Å². The highest BCUT2D eigenvalue weighted by molar-refractivity contribution is 5.76. The Morgan fingerprint density at radius 2 is 2.08 bits per heavy atom. The van der Waals surface area contributed by atoms with Crippen LogP contribution in [0.1, 0.15) is 48.1 Å². The average Bonchev–Trinajstić information content (AvgIpc) is 3.09. The molecular formula is C18H27N5O3. The number of fused-ring (bicyclic) bond motifs is 1. The molecule has 0 fully saturated rings. The van der Waals surface area contributed by atoms with Crippen molar-refractivity contribution in [1.29, 1.82) is 0 Å². The lowest BCUT2D eigenvalue weighted by molar-refractivity contribution is -0.132. The zero-order chi connectivity index (χ0) is 18.7. The Balaban J connectivity index is 1.57. The van der Waals surface area contributed by atoms with E-state index >= 15 is 0 Å². The number of carbonyl (C=O) groups is 1. The van der Waals surface area contributed by atoms with Gasteiger partial charge in [0.1, 0.15) is 6.10 Å². The molecule has 2 aromatic heterocycles. The van der Waals surface area contributed by atoms with Crippen LogP contribution in [0.4, 0.5) is 0 Å². The Bertz CT molecular complexity index is 767. The minimum atomic E-state index is -0.973. The van der Waals surface area contributed by atoms with Crippen LogP contribution in [0.5, 0.6) is 0 Å². The molecule has 8 heteroatoms. The van der Waals surface area contributed by atoms with E-state index in [1.807, 2.05) is 34.2 Å². The normalized spacial score (nSPS) is 15.6. The number of amides is 1. The Morgan fingerprint density at radius 1 is 1.27 bits per heavy atom. The Hall–Kier alpha value is -2.19. The number of aromatic nitrogens is 4. The number of nitrogens with zero attached hydrogens (tertiary/aromatic N) is 5. The lowest BCUT2D eigenvalue weighted by Gasteiger charge is -2.20. The molecule has 8 nitrogen and oxygen atoms in total. The fraction of sp³-hybridized carbons (Fsp3) is 0.611. The zero-order valence-electron chi connectivity index (χ0n) is 15.4. The summed E-state index contributed by atoms with van der Waals surface area (Å²) in [4.78, 5) is 14.5. The summed E-state index contributed by atoms with van der Waals surface area (Å²) in [5.41, 5.74) is 3.47. The van der Waals surface area contributed by atoms with Crippen LogP contribution in [0.2, 0.25) is 0 Å². The second-order valence-electron chi connectivity index (χ2n) is 6.90. The first-order chi connectivity index (χ1) is 12.5. The standard InChI is InChI=1S/C18H27N5O3/c1-13-9-14(2)22(19-13)7-3-5-18(26)21-6-4-8-23-15(11-21)10-16(20-23)17(25)12-24/h9-10,17,24-25H,3-8,11-12H2,1-2H3/t17-/m1/s1. The van der Waals surface area contributed by atoms with Crippen molar-refractivity contribution in [3.63, 3.8) is 0 Å². The average molecular weight is 361 g/mol. The SMILES string of the molecule is Cc1cc(C)n(CCCC(=O)N2CCCn3nc([C@H](O)CO)cc3C2)n1. The fourth-order valence-corrected chi connectivity index (χ4v) is 3.39. The topological polar surface area (TPSA) is 96.4 Å². The van der Waals surface area contributed by atoms with Gasteiger partial charge in [0.05, 0.1) is 30.2 Å². The van der Waals surface area contributed by atoms with E-state index in [1.165, 1.54) is 0 Å². The summed E-state index contributed by atoms with van der Waals surface area (Å²) in [6, 6.07) is 3.82. The van der Waals surface area contributed by atoms with Crippen LogP contribution in [0.3, 0.4) is 0 Å². The molecule has 0 aliphatic carbocycles. The van der Waals surface area contributed by atoms with E-state index in [-0.39, 0.29) is 12.5 Å². The number of aliphatic hydroxyl groups is 2. The van der Waals surface area contributed by atoms with Gasteiger partial charge in [0.25, 0.3) is 0 Å². The van der Waals surface area contributed by atoms with Gasteiger partial charge < -0.3 is 15.1 Å². The molecular weight excluding hydrogens is 334 g/mol. The van der Waals surface area contributed by atoms with Crippen molar-refractivity contribution in [2.45, 2.75) is 58.8 Å². The monoisotopic (exact) mass is 361 g/mol. The minimum absolute atomic E-state index is 0.130. The van der Waals surface area contributed by atoms with Gasteiger partial charge in [0.15, 0.2) is 0 Å². The molecule has 2 aromatic rings. The third-order valence-electron chi connectivity index (χ3n) is 4.76. The lowest BCUT2D eigenvalue weighted by Crippen LogP contribution is -2.30. The summed E-state index contributed by atoms with van der Waals surface area (Å²) in [5.74, 6) is 0.130. The van der Waals surface area contributed by atoms with Crippen LogP contribution < -0.4 is 0 Å². The van der Waals surface area contributed by atoms with Gasteiger partial charge in [-0.2, -0.15) is 10.2 Å². The predicted octanol–water partition coefficient (Wildman–Crippen LogP) is 0.935. The fourth-order valence-electron chi connectivity index (χ4n) is 3.39. The Labute approximate surface area is 153 Å². The van der Waals surface area contributed by atoms with Crippen LogP contribution in [-0.2, 0) is 24.4 Å². The van der Waals surface area contributed by atoms with E-state index in [9.17, 15) is 9.90 Å². The summed E-state index contributed by atoms with van der Waals surface area (Å²) in [7, 11) is 0. The molecule has 26 heavy (non-hydrogen) atoms. The van der Waals surface area contributed by atoms with Gasteiger partial charge in [-0.15, -0.1) is 0 Å². The van der Waals surface area contributed by atoms with Crippen molar-refractivity contribution in [2.24, 2.45) is 0 Å². The van der Waals surface area contributed by atoms with Gasteiger partial charge in [-0.05, 0) is 38.8 Å². The number of hydrogen-bond acceptors (Lipinski definition) is 5. The predicted molar refractivity (Wildman–Crippen MR) is 95.2 cm³/mol. The molecule has 0 unspecified atom stereocenters. The molecule has 0 saturated carbocycles. The quantitative estimate of drug-likeness (QED) is 0.798. The molecule has 1 aliphatic rings. The van der Waals surface area contributed by atoms with Crippen LogP contribution >= 0.6 is 0 Å². The highest BCUT2D eigenvalue weighted by Gasteiger charge is 2.22. The number of hydrogen-bond donors (Lipinski definition) is 2. The first-order valence-corrected chi connectivity index (χ1v) is 9.12. The molecule has 0 saturated heterocycles. The van der Waals surface area contributed by atoms with Gasteiger partial charge in [0, 0.05) is 31.7 Å². The summed E-state index contributed by atoms with van der Waals surface area (Å²) in [5, 5.41) is 27.6. The van der Waals surface area contributed by atoms with Gasteiger partial charge in [-0.1, -0.05) is 0 Å². The molecule has 2 N–H and O–H groups in total. The highest BCUT2D eigenvalue weighted by Crippen LogP contribution is 2.19. The molecule has 0 aromatic carbocycles. The second kappa shape index (κ2) is 8.01. The van der Waals surface area contributed by atoms with Crippen molar-refractivity contribution in [1.82, 2.24) is 24.5 Å². The molecule has 3 heterocycles. The van der Waals surface area contributed by atoms with E-state index in [1.54, 1.807) is 6.07 Å². The van der Waals surface area contributed by atoms with Gasteiger partial charge >= 0.3 is 0 Å². The first kappa shape index (κ1) is 18.6. The first-order valence-electron chi connectivity index (χ1n) is 9.12. The van der Waals surface area contributed by atoms with Crippen molar-refractivity contribution >= 4 is 5.91 Å². The van der Waals surface area contributed by atoms with E-state index in [2.05, 4.69) is 10.2 Å². The van der Waals surface area contributed by atoms with Gasteiger partial charge in [-0.25, -0.2) is 0 Å². The molecule has 0 spiro atoms. The summed E-state index contributed by atoms with van der Waals surface area (Å²) >= 11 is 0. The molecule has 1 atom stereocenters. The summed E-state index contributed by atoms with van der Waals surface area (Å²) in [6.07, 6.45) is 1.09. The third-order valence-corrected chi connectivity index (χ3v) is 4.76. The van der Waals surface area contributed by atoms with Crippen molar-refractivity contribution in [2.75, 3.05) is 13.2 Å². The maximum absolute atomic E-state index is 12.6. The van der Waals surface area contributed by atoms with E-state index in [4.69, 9.17) is 5.11 Å².